The molecular formula is C62H88N2O10. The molecule has 6 unspecified atom stereocenters. The van der Waals surface area contributed by atoms with Crippen molar-refractivity contribution in [1.82, 2.24) is 0 Å². The number of nitrogens with one attached hydrogen (secondary N) is 1. The van der Waals surface area contributed by atoms with E-state index in [1.807, 2.05) is 58.0 Å². The Morgan fingerprint density at radius 1 is 0.581 bits per heavy atom. The van der Waals surface area contributed by atoms with Gasteiger partial charge < -0.3 is 29.2 Å². The molecule has 6 atom stereocenters. The first-order chi connectivity index (χ1) is 35.5. The van der Waals surface area contributed by atoms with E-state index in [-0.39, 0.29) is 77.6 Å². The molecule has 0 spiro atoms. The summed E-state index contributed by atoms with van der Waals surface area (Å²) in [7, 11) is 6.00. The van der Waals surface area contributed by atoms with Gasteiger partial charge >= 0.3 is 11.9 Å². The van der Waals surface area contributed by atoms with Crippen LogP contribution in [0.2, 0.25) is 0 Å². The third-order valence-corrected chi connectivity index (χ3v) is 16.4. The number of methoxy groups -OCH3 is 4. The second-order valence-electron chi connectivity index (χ2n) is 22.2. The number of esters is 2. The summed E-state index contributed by atoms with van der Waals surface area (Å²) in [6.45, 7) is 9.09. The van der Waals surface area contributed by atoms with E-state index < -0.39 is 17.1 Å². The third-order valence-electron chi connectivity index (χ3n) is 16.4. The van der Waals surface area contributed by atoms with E-state index >= 15 is 0 Å². The fourth-order valence-electron chi connectivity index (χ4n) is 11.4. The Hall–Kier alpha value is -5.20. The minimum Gasteiger partial charge on any atom is -0.469 e. The Balaban J connectivity index is 1.13. The molecule has 0 aromatic heterocycles. The zero-order valence-electron chi connectivity index (χ0n) is 46.1. The molecule has 12 nitrogen and oxygen atoms in total. The van der Waals surface area contributed by atoms with Crippen LogP contribution in [-0.2, 0) is 67.2 Å². The maximum atomic E-state index is 14.3. The van der Waals surface area contributed by atoms with Crippen LogP contribution in [0.4, 0.5) is 11.4 Å². The van der Waals surface area contributed by atoms with Crippen molar-refractivity contribution >= 4 is 46.6 Å². The number of carbonyl (C=O) groups is 6. The molecule has 1 amide bonds. The minimum absolute atomic E-state index is 0.0223. The topological polar surface area (TPSA) is 155 Å². The molecule has 3 aromatic rings. The van der Waals surface area contributed by atoms with Crippen LogP contribution in [0.1, 0.15) is 166 Å². The molecule has 5 rings (SSSR count). The molecule has 2 aliphatic carbocycles. The lowest BCUT2D eigenvalue weighted by atomic mass is 9.72. The van der Waals surface area contributed by atoms with Crippen molar-refractivity contribution in [2.24, 2.45) is 35.5 Å². The standard InChI is InChI=1S/C62H88N2O10/c1-61(2,73-7)53(26-17-29-57(67)71-5)56(66)41-45-20-15-21-48(38-35-45)60(70)63-49-39-36-47(37-40-49)43-64(50-22-11-9-12-23-50)42-46-33-31-44(32-34-46)19-16-28-55(65)51-24-13-10-14-25-52(51)59(69)54(62(3,4)74-8)27-18-30-58(68)72-6/h9,11-12,22-23,31-34,36-37,39-40,45,48,51-54H,10,13-21,24-30,35,38,41-43H2,1-8H3,(H,63,70). The van der Waals surface area contributed by atoms with Gasteiger partial charge in [0.2, 0.25) is 5.91 Å². The first-order valence-corrected chi connectivity index (χ1v) is 27.6. The van der Waals surface area contributed by atoms with Gasteiger partial charge in [-0.25, -0.2) is 0 Å². The van der Waals surface area contributed by atoms with E-state index in [4.69, 9.17) is 18.9 Å². The smallest absolute Gasteiger partial charge is 0.305 e. The second kappa shape index (κ2) is 29.8. The highest BCUT2D eigenvalue weighted by Crippen LogP contribution is 2.39. The van der Waals surface area contributed by atoms with Gasteiger partial charge in [0, 0.05) is 94.0 Å². The quantitative estimate of drug-likeness (QED) is 0.0522. The van der Waals surface area contributed by atoms with E-state index in [0.717, 1.165) is 87.6 Å². The van der Waals surface area contributed by atoms with Gasteiger partial charge in [0.25, 0.3) is 0 Å². The fraction of sp³-hybridized carbons (Fsp3) is 0.613. The molecule has 3 aromatic carbocycles. The van der Waals surface area contributed by atoms with Gasteiger partial charge in [-0.3, -0.25) is 28.8 Å². The molecule has 2 saturated carbocycles. The van der Waals surface area contributed by atoms with Crippen LogP contribution in [-0.4, -0.2) is 74.8 Å². The van der Waals surface area contributed by atoms with E-state index in [9.17, 15) is 28.8 Å². The summed E-state index contributed by atoms with van der Waals surface area (Å²) in [4.78, 5) is 81.6. The summed E-state index contributed by atoms with van der Waals surface area (Å²) < 4.78 is 21.2. The van der Waals surface area contributed by atoms with Crippen LogP contribution in [0.5, 0.6) is 0 Å². The predicted octanol–water partition coefficient (Wildman–Crippen LogP) is 12.4. The van der Waals surface area contributed by atoms with Gasteiger partial charge in [0.15, 0.2) is 0 Å². The van der Waals surface area contributed by atoms with Crippen LogP contribution in [0.3, 0.4) is 0 Å². The average Bonchev–Trinajstić information content (AvgIpc) is 3.81. The molecule has 406 valence electrons. The van der Waals surface area contributed by atoms with Gasteiger partial charge in [0.05, 0.1) is 25.4 Å². The number of amides is 1. The van der Waals surface area contributed by atoms with E-state index in [0.29, 0.717) is 58.0 Å². The molecule has 12 heteroatoms. The highest BCUT2D eigenvalue weighted by molar-refractivity contribution is 5.93. The lowest BCUT2D eigenvalue weighted by Gasteiger charge is -2.36. The Morgan fingerprint density at radius 3 is 1.73 bits per heavy atom. The van der Waals surface area contributed by atoms with Gasteiger partial charge in [0.1, 0.15) is 17.3 Å². The predicted molar refractivity (Wildman–Crippen MR) is 291 cm³/mol. The van der Waals surface area contributed by atoms with E-state index in [2.05, 4.69) is 58.7 Å². The highest BCUT2D eigenvalue weighted by atomic mass is 16.5. The first kappa shape index (κ1) is 59.7. The van der Waals surface area contributed by atoms with Crippen LogP contribution < -0.4 is 10.2 Å². The molecule has 0 radical (unpaired) electrons. The number of aryl methyl sites for hydroxylation is 1. The lowest BCUT2D eigenvalue weighted by Crippen LogP contribution is -2.44. The van der Waals surface area contributed by atoms with Gasteiger partial charge in [-0.05, 0) is 152 Å². The number of ether oxygens (including phenoxy) is 4. The molecule has 2 fully saturated rings. The van der Waals surface area contributed by atoms with Crippen LogP contribution in [0.15, 0.2) is 78.9 Å². The largest absolute Gasteiger partial charge is 0.469 e. The molecule has 2 aliphatic rings. The Bertz CT molecular complexity index is 2240. The first-order valence-electron chi connectivity index (χ1n) is 27.6. The zero-order valence-corrected chi connectivity index (χ0v) is 46.1. The van der Waals surface area contributed by atoms with Crippen molar-refractivity contribution in [2.45, 2.75) is 180 Å². The number of para-hydroxylation sites is 1. The second-order valence-corrected chi connectivity index (χ2v) is 22.2. The van der Waals surface area contributed by atoms with E-state index in [1.165, 1.54) is 25.3 Å². The summed E-state index contributed by atoms with van der Waals surface area (Å²) in [6, 6.07) is 27.1. The fourth-order valence-corrected chi connectivity index (χ4v) is 11.4. The number of benzene rings is 3. The van der Waals surface area contributed by atoms with Gasteiger partial charge in [-0.15, -0.1) is 0 Å². The molecule has 0 heterocycles. The highest BCUT2D eigenvalue weighted by Gasteiger charge is 2.43. The number of anilines is 2. The Kier molecular flexibility index (Phi) is 24.0. The SMILES string of the molecule is COC(=O)CCCC(C(=O)CC1CCCC(C(=O)Nc2ccc(CN(Cc3ccc(CCCC(=O)C4CCCCCC4C(=O)C(CCCC(=O)OC)C(C)(C)OC)cc3)c3ccccc3)cc2)CC1)C(C)(C)OC. The maximum Gasteiger partial charge on any atom is 0.305 e. The van der Waals surface area contributed by atoms with Crippen molar-refractivity contribution in [1.29, 1.82) is 0 Å². The summed E-state index contributed by atoms with van der Waals surface area (Å²) in [5.74, 6) is -1.38. The molecular weight excluding hydrogens is 933 g/mol. The van der Waals surface area contributed by atoms with Crippen LogP contribution in [0.25, 0.3) is 0 Å². The van der Waals surface area contributed by atoms with Crippen LogP contribution >= 0.6 is 0 Å². The normalized spacial score (nSPS) is 19.2. The zero-order chi connectivity index (χ0) is 53.7. The van der Waals surface area contributed by atoms with E-state index in [1.54, 1.807) is 14.2 Å². The minimum atomic E-state index is -0.719. The number of rotatable bonds is 29. The molecule has 1 N–H and O–H groups in total. The number of hydrogen-bond donors (Lipinski definition) is 1. The molecule has 74 heavy (non-hydrogen) atoms. The number of Topliss-reactive ketones (excluding diaryl/α,β-unsaturated/α-hetero) is 3. The Labute approximate surface area is 442 Å². The van der Waals surface area contributed by atoms with Gasteiger partial charge in [-0.1, -0.05) is 80.3 Å². The van der Waals surface area contributed by atoms with Crippen molar-refractivity contribution in [3.63, 3.8) is 0 Å². The average molecular weight is 1020 g/mol. The third kappa shape index (κ3) is 18.3. The summed E-state index contributed by atoms with van der Waals surface area (Å²) >= 11 is 0. The summed E-state index contributed by atoms with van der Waals surface area (Å²) in [5, 5.41) is 3.18. The number of ketones is 3. The number of carbonyl (C=O) groups excluding carboxylic acids is 6. The van der Waals surface area contributed by atoms with Crippen molar-refractivity contribution in [3.05, 3.63) is 95.6 Å². The van der Waals surface area contributed by atoms with Crippen molar-refractivity contribution in [2.75, 3.05) is 38.7 Å². The lowest BCUT2D eigenvalue weighted by molar-refractivity contribution is -0.144. The monoisotopic (exact) mass is 1020 g/mol. The molecule has 0 saturated heterocycles. The molecule has 0 aliphatic heterocycles. The van der Waals surface area contributed by atoms with Crippen molar-refractivity contribution in [3.8, 4) is 0 Å². The van der Waals surface area contributed by atoms with Gasteiger partial charge in [-0.2, -0.15) is 0 Å². The van der Waals surface area contributed by atoms with Crippen molar-refractivity contribution < 1.29 is 47.7 Å². The van der Waals surface area contributed by atoms with Crippen LogP contribution in [0, 0.1) is 35.5 Å². The Morgan fingerprint density at radius 2 is 1.14 bits per heavy atom. The summed E-state index contributed by atoms with van der Waals surface area (Å²) in [5.41, 5.74) is 3.96. The summed E-state index contributed by atoms with van der Waals surface area (Å²) in [6.07, 6.45) is 13.5. The maximum absolute atomic E-state index is 14.3. The number of hydrogen-bond acceptors (Lipinski definition) is 11. The molecule has 0 bridgehead atoms. The number of nitrogens with zero attached hydrogens (tertiary/aromatic N) is 1.